The third kappa shape index (κ3) is 2.68. The molecule has 0 saturated carbocycles. The second kappa shape index (κ2) is 6.21. The second-order valence-electron chi connectivity index (χ2n) is 3.73. The number of hydrogen-bond acceptors (Lipinski definition) is 2. The average molecular weight is 312 g/mol. The van der Waals surface area contributed by atoms with Gasteiger partial charge in [0.1, 0.15) is 5.52 Å². The first-order chi connectivity index (χ1) is 7.84. The molecular weight excluding hydrogens is 299 g/mol. The van der Waals surface area contributed by atoms with Crippen LogP contribution in [-0.4, -0.2) is 14.5 Å². The summed E-state index contributed by atoms with van der Waals surface area (Å²) in [7, 11) is 0. The summed E-state index contributed by atoms with van der Waals surface area (Å²) in [5.74, 6) is 0. The van der Waals surface area contributed by atoms with Gasteiger partial charge < -0.3 is 12.0 Å². The minimum atomic E-state index is 0. The number of rotatable bonds is 1. The fourth-order valence-electron chi connectivity index (χ4n) is 1.72. The summed E-state index contributed by atoms with van der Waals surface area (Å²) in [6, 6.07) is 12.8. The van der Waals surface area contributed by atoms with E-state index < -0.39 is 0 Å². The Morgan fingerprint density at radius 1 is 1.28 bits per heavy atom. The number of hydrogen-bond donors (Lipinski definition) is 0. The molecule has 0 aliphatic rings. The van der Waals surface area contributed by atoms with E-state index in [-0.39, 0.29) is 40.1 Å². The molecule has 86 valence electrons. The van der Waals surface area contributed by atoms with Gasteiger partial charge in [0, 0.05) is 6.20 Å². The standard InChI is InChI=1S/C13H10N3.CH3.Y/c1-10-7-12-13(14-8-10)16(9-15-12)11-5-3-2-4-6-11;;/h2-3,5-9H,1H3;1H3;/q2*-1;+3. The number of nitrogens with zero attached hydrogens (tertiary/aromatic N) is 3. The van der Waals surface area contributed by atoms with Crippen LogP contribution < -0.4 is 0 Å². The molecule has 0 aliphatic heterocycles. The zero-order valence-corrected chi connectivity index (χ0v) is 13.3. The molecule has 0 saturated heterocycles. The van der Waals surface area contributed by atoms with Crippen molar-refractivity contribution in [2.45, 2.75) is 6.92 Å². The van der Waals surface area contributed by atoms with Crippen molar-refractivity contribution in [1.82, 2.24) is 14.5 Å². The van der Waals surface area contributed by atoms with E-state index in [1.807, 2.05) is 48.0 Å². The molecule has 0 amide bonds. The Balaban J connectivity index is 0.000000810. The third-order valence-electron chi connectivity index (χ3n) is 2.49. The molecule has 0 atom stereocenters. The van der Waals surface area contributed by atoms with E-state index in [0.717, 1.165) is 22.4 Å². The molecule has 2 aromatic heterocycles. The molecule has 0 aliphatic carbocycles. The van der Waals surface area contributed by atoms with Gasteiger partial charge in [0.15, 0.2) is 5.65 Å². The SMILES string of the molecule is Cc1cnc2c(c1)ncn2-c1c[c-]ccc1.[CH3-].[Y+3]. The van der Waals surface area contributed by atoms with Gasteiger partial charge in [-0.15, -0.1) is 6.07 Å². The fourth-order valence-corrected chi connectivity index (χ4v) is 1.72. The van der Waals surface area contributed by atoms with Gasteiger partial charge in [-0.2, -0.15) is 24.3 Å². The number of aryl methyl sites for hydroxylation is 1. The van der Waals surface area contributed by atoms with E-state index in [4.69, 9.17) is 0 Å². The van der Waals surface area contributed by atoms with Crippen LogP contribution in [0.15, 0.2) is 42.9 Å². The smallest absolute Gasteiger partial charge is 0.358 e. The van der Waals surface area contributed by atoms with Crippen LogP contribution in [0.25, 0.3) is 16.9 Å². The second-order valence-corrected chi connectivity index (χ2v) is 3.73. The number of aromatic nitrogens is 3. The summed E-state index contributed by atoms with van der Waals surface area (Å²) in [6.07, 6.45) is 3.65. The van der Waals surface area contributed by atoms with Crippen LogP contribution in [0.4, 0.5) is 0 Å². The Hall–Kier alpha value is -1.06. The molecule has 0 unspecified atom stereocenters. The van der Waals surface area contributed by atoms with Crippen molar-refractivity contribution in [3.63, 3.8) is 0 Å². The Morgan fingerprint density at radius 2 is 2.11 bits per heavy atom. The average Bonchev–Trinajstić information content (AvgIpc) is 2.73. The van der Waals surface area contributed by atoms with E-state index in [1.165, 1.54) is 0 Å². The van der Waals surface area contributed by atoms with Crippen LogP contribution in [0, 0.1) is 20.4 Å². The monoisotopic (exact) mass is 312 g/mol. The van der Waals surface area contributed by atoms with Crippen molar-refractivity contribution in [3.05, 3.63) is 61.9 Å². The molecule has 0 spiro atoms. The maximum Gasteiger partial charge on any atom is 3.00 e. The van der Waals surface area contributed by atoms with Crippen LogP contribution in [-0.2, 0) is 32.7 Å². The van der Waals surface area contributed by atoms with E-state index in [0.29, 0.717) is 0 Å². The van der Waals surface area contributed by atoms with Gasteiger partial charge in [-0.05, 0) is 18.6 Å². The Bertz CT molecular complexity index is 632. The molecule has 0 bridgehead atoms. The molecular formula is C14H13N3Y+. The van der Waals surface area contributed by atoms with Crippen molar-refractivity contribution in [3.8, 4) is 5.69 Å². The predicted molar refractivity (Wildman–Crippen MR) is 68.9 cm³/mol. The maximum atomic E-state index is 4.40. The Kier molecular flexibility index (Phi) is 5.18. The molecule has 0 fully saturated rings. The first-order valence-electron chi connectivity index (χ1n) is 5.11. The number of imidazole rings is 1. The van der Waals surface area contributed by atoms with Gasteiger partial charge in [-0.25, -0.2) is 9.97 Å². The van der Waals surface area contributed by atoms with Crippen LogP contribution in [0.2, 0.25) is 0 Å². The minimum absolute atomic E-state index is 0. The van der Waals surface area contributed by atoms with Crippen LogP contribution in [0.1, 0.15) is 5.56 Å². The topological polar surface area (TPSA) is 30.7 Å². The summed E-state index contributed by atoms with van der Waals surface area (Å²) in [6.45, 7) is 2.02. The first kappa shape index (κ1) is 15.0. The summed E-state index contributed by atoms with van der Waals surface area (Å²) in [5, 5.41) is 0. The van der Waals surface area contributed by atoms with Crippen molar-refractivity contribution in [1.29, 1.82) is 0 Å². The van der Waals surface area contributed by atoms with Crippen LogP contribution in [0.5, 0.6) is 0 Å². The summed E-state index contributed by atoms with van der Waals surface area (Å²) in [4.78, 5) is 8.75. The van der Waals surface area contributed by atoms with Crippen molar-refractivity contribution >= 4 is 11.2 Å². The van der Waals surface area contributed by atoms with E-state index in [2.05, 4.69) is 16.0 Å². The van der Waals surface area contributed by atoms with Gasteiger partial charge in [0.2, 0.25) is 0 Å². The molecule has 0 N–H and O–H groups in total. The molecule has 4 heteroatoms. The molecule has 18 heavy (non-hydrogen) atoms. The summed E-state index contributed by atoms with van der Waals surface area (Å²) >= 11 is 0. The van der Waals surface area contributed by atoms with Gasteiger partial charge in [0.25, 0.3) is 0 Å². The summed E-state index contributed by atoms with van der Waals surface area (Å²) < 4.78 is 1.96. The Morgan fingerprint density at radius 3 is 2.83 bits per heavy atom. The number of fused-ring (bicyclic) bond motifs is 1. The van der Waals surface area contributed by atoms with E-state index in [9.17, 15) is 0 Å². The zero-order valence-electron chi connectivity index (χ0n) is 10.5. The first-order valence-corrected chi connectivity index (χ1v) is 5.11. The van der Waals surface area contributed by atoms with Crippen molar-refractivity contribution < 1.29 is 32.7 Å². The van der Waals surface area contributed by atoms with E-state index in [1.54, 1.807) is 6.33 Å². The van der Waals surface area contributed by atoms with Gasteiger partial charge in [-0.3, -0.25) is 0 Å². The molecule has 0 radical (unpaired) electrons. The zero-order chi connectivity index (χ0) is 11.0. The number of pyridine rings is 1. The van der Waals surface area contributed by atoms with Crippen molar-refractivity contribution in [2.75, 3.05) is 0 Å². The minimum Gasteiger partial charge on any atom is -0.358 e. The molecule has 3 rings (SSSR count). The van der Waals surface area contributed by atoms with Crippen LogP contribution >= 0.6 is 0 Å². The molecule has 1 aromatic carbocycles. The predicted octanol–water partition coefficient (Wildman–Crippen LogP) is 2.98. The molecule has 3 nitrogen and oxygen atoms in total. The van der Waals surface area contributed by atoms with Gasteiger partial charge in [0.05, 0.1) is 6.33 Å². The van der Waals surface area contributed by atoms with E-state index >= 15 is 0 Å². The molecule has 3 aromatic rings. The summed E-state index contributed by atoms with van der Waals surface area (Å²) in [5.41, 5.74) is 3.95. The third-order valence-corrected chi connectivity index (χ3v) is 2.49. The Labute approximate surface area is 132 Å². The van der Waals surface area contributed by atoms with Gasteiger partial charge >= 0.3 is 32.7 Å². The molecule has 2 heterocycles. The maximum absolute atomic E-state index is 4.40. The van der Waals surface area contributed by atoms with Crippen molar-refractivity contribution in [2.24, 2.45) is 0 Å². The largest absolute Gasteiger partial charge is 3.00 e. The number of benzene rings is 1. The normalized spacial score (nSPS) is 9.61. The fraction of sp³-hybridized carbons (Fsp3) is 0.0714. The van der Waals surface area contributed by atoms with Crippen LogP contribution in [0.3, 0.4) is 0 Å². The quantitative estimate of drug-likeness (QED) is 0.647. The van der Waals surface area contributed by atoms with Gasteiger partial charge in [-0.1, -0.05) is 5.69 Å².